The van der Waals surface area contributed by atoms with Gasteiger partial charge in [0.2, 0.25) is 5.91 Å². The fourth-order valence-corrected chi connectivity index (χ4v) is 6.07. The van der Waals surface area contributed by atoms with E-state index in [-0.39, 0.29) is 17.4 Å². The summed E-state index contributed by atoms with van der Waals surface area (Å²) in [4.78, 5) is 29.2. The van der Waals surface area contributed by atoms with E-state index in [1.54, 1.807) is 23.5 Å². The molecule has 2 aromatic carbocycles. The average molecular weight is 484 g/mol. The van der Waals surface area contributed by atoms with E-state index in [0.717, 1.165) is 58.5 Å². The Hall–Kier alpha value is -3.44. The molecule has 0 bridgehead atoms. The molecule has 0 radical (unpaired) electrons. The number of amides is 1. The molecule has 0 unspecified atom stereocenters. The summed E-state index contributed by atoms with van der Waals surface area (Å²) < 4.78 is 0.898. The summed E-state index contributed by atoms with van der Waals surface area (Å²) in [5.74, 6) is 0.399. The lowest BCUT2D eigenvalue weighted by Gasteiger charge is -2.26. The molecule has 0 spiro atoms. The van der Waals surface area contributed by atoms with Crippen LogP contribution >= 0.6 is 11.3 Å². The molecule has 5 heteroatoms. The van der Waals surface area contributed by atoms with E-state index < -0.39 is 0 Å². The number of fused-ring (bicyclic) bond motifs is 1. The van der Waals surface area contributed by atoms with E-state index in [0.29, 0.717) is 24.0 Å². The number of carbonyl (C=O) groups excluding carboxylic acids is 2. The SMILES string of the molecule is O=C(c1ccc(CCC(=O)N2CCCCC2)cc1)c1c(C2=CC=CC=CC2)sc2cc(O)ccc12. The van der Waals surface area contributed by atoms with Gasteiger partial charge in [-0.3, -0.25) is 9.59 Å². The Morgan fingerprint density at radius 1 is 0.943 bits per heavy atom. The van der Waals surface area contributed by atoms with Gasteiger partial charge in [-0.05, 0) is 61.4 Å². The van der Waals surface area contributed by atoms with E-state index >= 15 is 0 Å². The molecule has 2 aliphatic rings. The van der Waals surface area contributed by atoms with Gasteiger partial charge in [-0.1, -0.05) is 54.6 Å². The summed E-state index contributed by atoms with van der Waals surface area (Å²) in [6.07, 6.45) is 15.5. The zero-order chi connectivity index (χ0) is 24.2. The van der Waals surface area contributed by atoms with Crippen LogP contribution in [0.25, 0.3) is 15.7 Å². The highest BCUT2D eigenvalue weighted by Crippen LogP contribution is 2.40. The van der Waals surface area contributed by atoms with Gasteiger partial charge in [0.25, 0.3) is 0 Å². The number of ketones is 1. The molecule has 1 N–H and O–H groups in total. The van der Waals surface area contributed by atoms with Gasteiger partial charge in [0.15, 0.2) is 5.78 Å². The first-order valence-corrected chi connectivity index (χ1v) is 13.1. The Bertz CT molecular complexity index is 1340. The number of phenols is 1. The summed E-state index contributed by atoms with van der Waals surface area (Å²) in [6, 6.07) is 12.9. The second-order valence-electron chi connectivity index (χ2n) is 9.16. The summed E-state index contributed by atoms with van der Waals surface area (Å²) in [7, 11) is 0. The van der Waals surface area contributed by atoms with Gasteiger partial charge in [-0.25, -0.2) is 0 Å². The molecule has 4 nitrogen and oxygen atoms in total. The van der Waals surface area contributed by atoms with Crippen molar-refractivity contribution in [3.8, 4) is 5.75 Å². The molecule has 1 saturated heterocycles. The van der Waals surface area contributed by atoms with Crippen LogP contribution in [0.3, 0.4) is 0 Å². The maximum atomic E-state index is 13.8. The van der Waals surface area contributed by atoms with Crippen molar-refractivity contribution in [2.75, 3.05) is 13.1 Å². The molecule has 35 heavy (non-hydrogen) atoms. The quantitative estimate of drug-likeness (QED) is 0.398. The molecule has 5 rings (SSSR count). The Morgan fingerprint density at radius 2 is 1.74 bits per heavy atom. The predicted octanol–water partition coefficient (Wildman–Crippen LogP) is 6.68. The van der Waals surface area contributed by atoms with Gasteiger partial charge >= 0.3 is 0 Å². The molecule has 1 aliphatic carbocycles. The van der Waals surface area contributed by atoms with E-state index in [1.165, 1.54) is 6.42 Å². The zero-order valence-corrected chi connectivity index (χ0v) is 20.5. The van der Waals surface area contributed by atoms with Crippen LogP contribution in [0.15, 0.2) is 72.8 Å². The standard InChI is InChI=1S/C30H29NO3S/c32-24-15-16-25-26(20-24)35-30(23-8-4-1-2-5-9-23)28(25)29(34)22-13-10-21(11-14-22)12-17-27(33)31-18-6-3-7-19-31/h1-2,4-5,8,10-11,13-16,20,32H,3,6-7,9,12,17-19H2. The predicted molar refractivity (Wildman–Crippen MR) is 143 cm³/mol. The van der Waals surface area contributed by atoms with Crippen molar-refractivity contribution in [1.29, 1.82) is 0 Å². The molecule has 3 aromatic rings. The third-order valence-corrected chi connectivity index (χ3v) is 7.97. The molecule has 2 heterocycles. The molecule has 178 valence electrons. The summed E-state index contributed by atoms with van der Waals surface area (Å²) in [6.45, 7) is 1.76. The number of hydrogen-bond acceptors (Lipinski definition) is 4. The van der Waals surface area contributed by atoms with Gasteiger partial charge < -0.3 is 10.0 Å². The molecule has 0 saturated carbocycles. The number of hydrogen-bond donors (Lipinski definition) is 1. The van der Waals surface area contributed by atoms with Crippen molar-refractivity contribution >= 4 is 38.7 Å². The maximum absolute atomic E-state index is 13.8. The van der Waals surface area contributed by atoms with Crippen LogP contribution in [-0.2, 0) is 11.2 Å². The van der Waals surface area contributed by atoms with Crippen LogP contribution in [0.5, 0.6) is 5.75 Å². The topological polar surface area (TPSA) is 57.6 Å². The van der Waals surface area contributed by atoms with Gasteiger partial charge in [-0.15, -0.1) is 11.3 Å². The second-order valence-corrected chi connectivity index (χ2v) is 10.2. The number of thiophene rings is 1. The monoisotopic (exact) mass is 483 g/mol. The zero-order valence-electron chi connectivity index (χ0n) is 19.7. The van der Waals surface area contributed by atoms with Gasteiger partial charge in [0, 0.05) is 45.6 Å². The highest BCUT2D eigenvalue weighted by atomic mass is 32.1. The minimum atomic E-state index is -0.0222. The number of allylic oxidation sites excluding steroid dienone is 6. The van der Waals surface area contributed by atoms with Crippen molar-refractivity contribution < 1.29 is 14.7 Å². The normalized spacial score (nSPS) is 15.8. The number of likely N-dealkylation sites (tertiary alicyclic amines) is 1. The number of benzene rings is 2. The Labute approximate surface area is 209 Å². The smallest absolute Gasteiger partial charge is 0.222 e. The third-order valence-electron chi connectivity index (χ3n) is 6.74. The number of aryl methyl sites for hydroxylation is 1. The Balaban J connectivity index is 1.39. The van der Waals surface area contributed by atoms with Crippen LogP contribution in [0.4, 0.5) is 0 Å². The third kappa shape index (κ3) is 5.15. The van der Waals surface area contributed by atoms with Crippen LogP contribution in [0, 0.1) is 0 Å². The first-order valence-electron chi connectivity index (χ1n) is 12.3. The average Bonchev–Trinajstić information content (AvgIpc) is 3.05. The van der Waals surface area contributed by atoms with Crippen molar-refractivity contribution in [2.45, 2.75) is 38.5 Å². The molecule has 1 aromatic heterocycles. The van der Waals surface area contributed by atoms with Crippen LogP contribution in [-0.4, -0.2) is 34.8 Å². The molecular formula is C30H29NO3S. The molecule has 0 atom stereocenters. The number of rotatable bonds is 6. The van der Waals surface area contributed by atoms with Gasteiger partial charge in [0.05, 0.1) is 0 Å². The molecule has 1 fully saturated rings. The molecule has 1 aliphatic heterocycles. The highest BCUT2D eigenvalue weighted by molar-refractivity contribution is 7.20. The van der Waals surface area contributed by atoms with Crippen molar-refractivity contribution in [2.24, 2.45) is 0 Å². The fourth-order valence-electron chi connectivity index (χ4n) is 4.80. The maximum Gasteiger partial charge on any atom is 0.222 e. The number of aromatic hydroxyl groups is 1. The van der Waals surface area contributed by atoms with E-state index in [1.807, 2.05) is 53.5 Å². The highest BCUT2D eigenvalue weighted by Gasteiger charge is 2.23. The van der Waals surface area contributed by atoms with Crippen LogP contribution in [0.1, 0.15) is 58.5 Å². The number of nitrogens with zero attached hydrogens (tertiary/aromatic N) is 1. The summed E-state index contributed by atoms with van der Waals surface area (Å²) in [5, 5.41) is 10.9. The van der Waals surface area contributed by atoms with Crippen molar-refractivity contribution in [1.82, 2.24) is 4.90 Å². The van der Waals surface area contributed by atoms with Gasteiger partial charge in [-0.2, -0.15) is 0 Å². The van der Waals surface area contributed by atoms with Gasteiger partial charge in [0.1, 0.15) is 5.75 Å². The Kier molecular flexibility index (Phi) is 6.96. The molecule has 1 amide bonds. The number of carbonyl (C=O) groups is 2. The summed E-state index contributed by atoms with van der Waals surface area (Å²) >= 11 is 1.55. The van der Waals surface area contributed by atoms with Crippen LogP contribution < -0.4 is 0 Å². The summed E-state index contributed by atoms with van der Waals surface area (Å²) in [5.41, 5.74) is 3.47. The largest absolute Gasteiger partial charge is 0.508 e. The second kappa shape index (κ2) is 10.4. The lowest BCUT2D eigenvalue weighted by molar-refractivity contribution is -0.132. The number of phenolic OH excluding ortho intramolecular Hbond substituents is 1. The van der Waals surface area contributed by atoms with E-state index in [9.17, 15) is 14.7 Å². The van der Waals surface area contributed by atoms with Crippen molar-refractivity contribution in [3.63, 3.8) is 0 Å². The van der Waals surface area contributed by atoms with E-state index in [2.05, 4.69) is 12.2 Å². The first kappa shape index (κ1) is 23.3. The van der Waals surface area contributed by atoms with Crippen LogP contribution in [0.2, 0.25) is 0 Å². The minimum Gasteiger partial charge on any atom is -0.508 e. The van der Waals surface area contributed by atoms with Crippen molar-refractivity contribution in [3.05, 3.63) is 94.4 Å². The fraction of sp³-hybridized carbons (Fsp3) is 0.267. The Morgan fingerprint density at radius 3 is 2.54 bits per heavy atom. The van der Waals surface area contributed by atoms with E-state index in [4.69, 9.17) is 0 Å². The molecular weight excluding hydrogens is 454 g/mol. The lowest BCUT2D eigenvalue weighted by atomic mass is 9.95. The lowest BCUT2D eigenvalue weighted by Crippen LogP contribution is -2.35. The minimum absolute atomic E-state index is 0.0222. The number of piperidine rings is 1. The first-order chi connectivity index (χ1) is 17.1.